The molecule has 2 N–H and O–H groups in total. The molecule has 0 bridgehead atoms. The lowest BCUT2D eigenvalue weighted by molar-refractivity contribution is 0.440. The second kappa shape index (κ2) is 4.51. The van der Waals surface area contributed by atoms with E-state index in [1.807, 2.05) is 24.3 Å². The first kappa shape index (κ1) is 11.9. The van der Waals surface area contributed by atoms with Crippen molar-refractivity contribution in [2.75, 3.05) is 5.73 Å². The number of aryl methyl sites for hydroxylation is 1. The van der Waals surface area contributed by atoms with Crippen LogP contribution in [0, 0.1) is 12.7 Å². The highest BCUT2D eigenvalue weighted by Gasteiger charge is 2.11. The number of nitrogen functional groups attached to an aromatic ring is 1. The maximum absolute atomic E-state index is 13.7. The summed E-state index contributed by atoms with van der Waals surface area (Å²) in [5.74, 6) is -0.340. The molecule has 0 saturated heterocycles. The average molecular weight is 274 g/mol. The number of fused-ring (bicyclic) bond motifs is 1. The molecule has 1 aromatic heterocycles. The van der Waals surface area contributed by atoms with Gasteiger partial charge in [-0.05, 0) is 30.7 Å². The van der Waals surface area contributed by atoms with E-state index in [1.54, 1.807) is 13.0 Å². The zero-order valence-electron chi connectivity index (χ0n) is 10.2. The van der Waals surface area contributed by atoms with Crippen molar-refractivity contribution in [2.24, 2.45) is 0 Å². The van der Waals surface area contributed by atoms with Gasteiger partial charge < -0.3 is 10.5 Å². The van der Waals surface area contributed by atoms with E-state index in [-0.39, 0.29) is 5.75 Å². The van der Waals surface area contributed by atoms with Gasteiger partial charge >= 0.3 is 0 Å². The lowest BCUT2D eigenvalue weighted by Gasteiger charge is -2.06. The Balaban J connectivity index is 1.98. The van der Waals surface area contributed by atoms with Crippen LogP contribution in [0.2, 0.25) is 0 Å². The number of halogens is 1. The zero-order valence-corrected chi connectivity index (χ0v) is 11.0. The van der Waals surface area contributed by atoms with Crippen LogP contribution in [-0.4, -0.2) is 4.98 Å². The Hall–Kier alpha value is -2.14. The first-order valence-electron chi connectivity index (χ1n) is 5.72. The molecule has 3 rings (SSSR count). The van der Waals surface area contributed by atoms with Gasteiger partial charge in [-0.25, -0.2) is 9.37 Å². The summed E-state index contributed by atoms with van der Waals surface area (Å²) in [5, 5.41) is 0.421. The minimum Gasteiger partial charge on any atom is -0.428 e. The summed E-state index contributed by atoms with van der Waals surface area (Å²) in [7, 11) is 0. The van der Waals surface area contributed by atoms with Gasteiger partial charge in [0, 0.05) is 11.8 Å². The number of para-hydroxylation sites is 1. The lowest BCUT2D eigenvalue weighted by Crippen LogP contribution is -1.94. The fraction of sp³-hybridized carbons (Fsp3) is 0.0714. The molecule has 2 aromatic carbocycles. The molecule has 0 unspecified atom stereocenters. The average Bonchev–Trinajstić information content (AvgIpc) is 2.78. The summed E-state index contributed by atoms with van der Waals surface area (Å²) in [6, 6.07) is 10.5. The number of hydrogen-bond acceptors (Lipinski definition) is 4. The van der Waals surface area contributed by atoms with Crippen molar-refractivity contribution in [2.45, 2.75) is 6.92 Å². The predicted octanol–water partition coefficient (Wildman–Crippen LogP) is 4.12. The van der Waals surface area contributed by atoms with Gasteiger partial charge in [-0.2, -0.15) is 0 Å². The van der Waals surface area contributed by atoms with Crippen molar-refractivity contribution in [3.05, 3.63) is 47.8 Å². The van der Waals surface area contributed by atoms with Crippen LogP contribution in [0.1, 0.15) is 5.56 Å². The van der Waals surface area contributed by atoms with E-state index in [4.69, 9.17) is 10.5 Å². The topological polar surface area (TPSA) is 48.1 Å². The number of aromatic nitrogens is 1. The molecule has 0 aliphatic carbocycles. The second-order valence-electron chi connectivity index (χ2n) is 4.19. The van der Waals surface area contributed by atoms with Crippen LogP contribution in [0.25, 0.3) is 10.2 Å². The van der Waals surface area contributed by atoms with Crippen molar-refractivity contribution < 1.29 is 9.13 Å². The van der Waals surface area contributed by atoms with Crippen molar-refractivity contribution in [1.82, 2.24) is 4.98 Å². The fourth-order valence-corrected chi connectivity index (χ4v) is 2.57. The molecule has 3 aromatic rings. The summed E-state index contributed by atoms with van der Waals surface area (Å²) >= 11 is 1.38. The van der Waals surface area contributed by atoms with Gasteiger partial charge in [0.1, 0.15) is 0 Å². The van der Waals surface area contributed by atoms with Crippen molar-refractivity contribution in [1.29, 1.82) is 0 Å². The van der Waals surface area contributed by atoms with E-state index in [1.165, 1.54) is 17.4 Å². The van der Waals surface area contributed by atoms with E-state index < -0.39 is 5.82 Å². The molecule has 0 fully saturated rings. The quantitative estimate of drug-likeness (QED) is 0.715. The molecule has 19 heavy (non-hydrogen) atoms. The molecular formula is C14H11FN2OS. The van der Waals surface area contributed by atoms with Crippen LogP contribution in [0.5, 0.6) is 10.9 Å². The smallest absolute Gasteiger partial charge is 0.279 e. The van der Waals surface area contributed by atoms with E-state index in [2.05, 4.69) is 4.98 Å². The normalized spacial score (nSPS) is 10.8. The minimum atomic E-state index is -0.484. The van der Waals surface area contributed by atoms with Crippen LogP contribution in [0.3, 0.4) is 0 Å². The summed E-state index contributed by atoms with van der Waals surface area (Å²) in [6.45, 7) is 1.81. The van der Waals surface area contributed by atoms with Gasteiger partial charge in [0.25, 0.3) is 5.19 Å². The maximum atomic E-state index is 13.7. The predicted molar refractivity (Wildman–Crippen MR) is 75.2 cm³/mol. The SMILES string of the molecule is Cc1cc(Oc2nc3ccccc3s2)c(F)cc1N. The third kappa shape index (κ3) is 2.24. The Morgan fingerprint density at radius 2 is 2.05 bits per heavy atom. The molecule has 96 valence electrons. The Bertz CT molecular complexity index is 721. The highest BCUT2D eigenvalue weighted by molar-refractivity contribution is 7.20. The summed E-state index contributed by atoms with van der Waals surface area (Å²) in [6.07, 6.45) is 0. The minimum absolute atomic E-state index is 0.144. The van der Waals surface area contributed by atoms with Gasteiger partial charge in [-0.3, -0.25) is 0 Å². The van der Waals surface area contributed by atoms with Gasteiger partial charge in [0.05, 0.1) is 10.2 Å². The van der Waals surface area contributed by atoms with Crippen molar-refractivity contribution in [3.8, 4) is 10.9 Å². The Labute approximate surface area is 113 Å². The number of anilines is 1. The molecule has 0 saturated carbocycles. The molecule has 0 atom stereocenters. The number of ether oxygens (including phenoxy) is 1. The molecule has 1 heterocycles. The standard InChI is InChI=1S/C14H11FN2OS/c1-8-6-12(9(15)7-10(8)16)18-14-17-11-4-2-3-5-13(11)19-14/h2-7H,16H2,1H3. The van der Waals surface area contributed by atoms with Gasteiger partial charge in [-0.15, -0.1) is 0 Å². The van der Waals surface area contributed by atoms with Crippen LogP contribution < -0.4 is 10.5 Å². The fourth-order valence-electron chi connectivity index (χ4n) is 1.74. The van der Waals surface area contributed by atoms with Crippen LogP contribution in [0.4, 0.5) is 10.1 Å². The van der Waals surface area contributed by atoms with E-state index in [0.717, 1.165) is 15.8 Å². The third-order valence-corrected chi connectivity index (χ3v) is 3.71. The molecule has 5 heteroatoms. The largest absolute Gasteiger partial charge is 0.428 e. The van der Waals surface area contributed by atoms with Gasteiger partial charge in [0.15, 0.2) is 11.6 Å². The zero-order chi connectivity index (χ0) is 13.4. The Morgan fingerprint density at radius 3 is 2.84 bits per heavy atom. The van der Waals surface area contributed by atoms with Crippen molar-refractivity contribution >= 4 is 27.2 Å². The number of nitrogens with zero attached hydrogens (tertiary/aromatic N) is 1. The number of nitrogens with two attached hydrogens (primary N) is 1. The van der Waals surface area contributed by atoms with Crippen molar-refractivity contribution in [3.63, 3.8) is 0 Å². The van der Waals surface area contributed by atoms with E-state index in [9.17, 15) is 4.39 Å². The van der Waals surface area contributed by atoms with E-state index in [0.29, 0.717) is 10.9 Å². The molecule has 0 aliphatic rings. The molecule has 0 amide bonds. The lowest BCUT2D eigenvalue weighted by atomic mass is 10.2. The number of rotatable bonds is 2. The van der Waals surface area contributed by atoms with Crippen LogP contribution in [-0.2, 0) is 0 Å². The second-order valence-corrected chi connectivity index (χ2v) is 5.18. The number of thiazole rings is 1. The number of hydrogen-bond donors (Lipinski definition) is 1. The molecule has 0 aliphatic heterocycles. The van der Waals surface area contributed by atoms with Crippen LogP contribution in [0.15, 0.2) is 36.4 Å². The first-order valence-corrected chi connectivity index (χ1v) is 6.54. The summed E-state index contributed by atoms with van der Waals surface area (Å²) in [5.41, 5.74) is 7.67. The van der Waals surface area contributed by atoms with Gasteiger partial charge in [-0.1, -0.05) is 23.5 Å². The molecule has 3 nitrogen and oxygen atoms in total. The highest BCUT2D eigenvalue weighted by Crippen LogP contribution is 2.33. The first-order chi connectivity index (χ1) is 9.13. The monoisotopic (exact) mass is 274 g/mol. The molecular weight excluding hydrogens is 263 g/mol. The highest BCUT2D eigenvalue weighted by atomic mass is 32.1. The maximum Gasteiger partial charge on any atom is 0.279 e. The molecule has 0 radical (unpaired) electrons. The number of benzene rings is 2. The third-order valence-electron chi connectivity index (χ3n) is 2.79. The van der Waals surface area contributed by atoms with Crippen LogP contribution >= 0.6 is 11.3 Å². The summed E-state index contributed by atoms with van der Waals surface area (Å²) < 4.78 is 20.3. The summed E-state index contributed by atoms with van der Waals surface area (Å²) in [4.78, 5) is 4.30. The Kier molecular flexibility index (Phi) is 2.83. The van der Waals surface area contributed by atoms with E-state index >= 15 is 0 Å². The molecule has 0 spiro atoms. The van der Waals surface area contributed by atoms with Gasteiger partial charge in [0.2, 0.25) is 0 Å². The Morgan fingerprint density at radius 1 is 1.26 bits per heavy atom.